The van der Waals surface area contributed by atoms with Crippen LogP contribution in [0, 0.1) is 0 Å². The minimum atomic E-state index is -3.68. The lowest BCUT2D eigenvalue weighted by molar-refractivity contribution is -0.114. The maximum Gasteiger partial charge on any atom is 0.243 e. The maximum atomic E-state index is 13.2. The first-order valence-electron chi connectivity index (χ1n) is 8.23. The number of carbonyl (C=O) groups excluding carboxylic acids is 1. The minimum absolute atomic E-state index is 0. The van der Waals surface area contributed by atoms with Crippen molar-refractivity contribution in [3.8, 4) is 0 Å². The van der Waals surface area contributed by atoms with Crippen molar-refractivity contribution in [1.29, 1.82) is 0 Å². The van der Waals surface area contributed by atoms with E-state index >= 15 is 0 Å². The smallest absolute Gasteiger partial charge is 0.243 e. The van der Waals surface area contributed by atoms with Crippen LogP contribution in [0.15, 0.2) is 53.4 Å². The summed E-state index contributed by atoms with van der Waals surface area (Å²) in [6.45, 7) is 2.87. The Labute approximate surface area is 170 Å². The summed E-state index contributed by atoms with van der Waals surface area (Å²) in [6, 6.07) is 13.1. The van der Waals surface area contributed by atoms with Gasteiger partial charge in [0.1, 0.15) is 0 Å². The number of halogens is 2. The Morgan fingerprint density at radius 2 is 1.93 bits per heavy atom. The molecule has 2 N–H and O–H groups in total. The lowest BCUT2D eigenvalue weighted by Crippen LogP contribution is -2.48. The van der Waals surface area contributed by atoms with Crippen LogP contribution in [0.5, 0.6) is 0 Å². The van der Waals surface area contributed by atoms with Gasteiger partial charge in [-0.3, -0.25) is 4.79 Å². The number of amides is 1. The van der Waals surface area contributed by atoms with E-state index in [2.05, 4.69) is 10.6 Å². The molecule has 1 unspecified atom stereocenters. The zero-order valence-electron chi connectivity index (χ0n) is 14.7. The monoisotopic (exact) mass is 429 g/mol. The van der Waals surface area contributed by atoms with Gasteiger partial charge in [-0.25, -0.2) is 8.42 Å². The molecule has 2 aromatic rings. The van der Waals surface area contributed by atoms with Crippen LogP contribution in [0.1, 0.15) is 18.5 Å². The summed E-state index contributed by atoms with van der Waals surface area (Å²) in [7, 11) is -3.68. The second kappa shape index (κ2) is 9.03. The molecule has 1 amide bonds. The van der Waals surface area contributed by atoms with Crippen LogP contribution in [0.4, 0.5) is 5.69 Å². The van der Waals surface area contributed by atoms with E-state index in [1.807, 2.05) is 12.1 Å². The molecule has 1 heterocycles. The van der Waals surface area contributed by atoms with Crippen molar-refractivity contribution >= 4 is 45.6 Å². The third-order valence-corrected chi connectivity index (χ3v) is 6.37. The van der Waals surface area contributed by atoms with Gasteiger partial charge in [-0.2, -0.15) is 4.31 Å². The molecule has 1 aliphatic rings. The molecule has 0 bridgehead atoms. The van der Waals surface area contributed by atoms with Gasteiger partial charge in [-0.05, 0) is 42.0 Å². The third kappa shape index (κ3) is 5.00. The minimum Gasteiger partial charge on any atom is -0.326 e. The molecule has 2 aromatic carbocycles. The zero-order chi connectivity index (χ0) is 18.7. The molecule has 3 rings (SSSR count). The number of anilines is 1. The number of nitrogens with zero attached hydrogens (tertiary/aromatic N) is 1. The highest BCUT2D eigenvalue weighted by atomic mass is 35.5. The molecule has 0 radical (unpaired) electrons. The normalized spacial score (nSPS) is 17.8. The summed E-state index contributed by atoms with van der Waals surface area (Å²) in [5.41, 5.74) is 1.41. The SMILES string of the molecule is CC(=O)Nc1ccc(S(=O)(=O)N2CCNCC2c2cccc(Cl)c2)cc1.Cl. The van der Waals surface area contributed by atoms with E-state index in [-0.39, 0.29) is 29.3 Å². The van der Waals surface area contributed by atoms with Crippen LogP contribution >= 0.6 is 24.0 Å². The molecular formula is C18H21Cl2N3O3S. The molecule has 1 aliphatic heterocycles. The molecule has 27 heavy (non-hydrogen) atoms. The summed E-state index contributed by atoms with van der Waals surface area (Å²) in [5, 5.41) is 6.45. The van der Waals surface area contributed by atoms with Gasteiger partial charge in [0.05, 0.1) is 10.9 Å². The topological polar surface area (TPSA) is 78.5 Å². The summed E-state index contributed by atoms with van der Waals surface area (Å²) >= 11 is 6.08. The molecular weight excluding hydrogens is 409 g/mol. The van der Waals surface area contributed by atoms with E-state index in [1.54, 1.807) is 24.3 Å². The Hall–Kier alpha value is -1.64. The number of nitrogens with one attached hydrogen (secondary N) is 2. The van der Waals surface area contributed by atoms with Crippen molar-refractivity contribution in [1.82, 2.24) is 9.62 Å². The second-order valence-electron chi connectivity index (χ2n) is 6.10. The van der Waals surface area contributed by atoms with Crippen LogP contribution < -0.4 is 10.6 Å². The van der Waals surface area contributed by atoms with Crippen molar-refractivity contribution in [3.05, 3.63) is 59.1 Å². The van der Waals surface area contributed by atoms with E-state index in [0.717, 1.165) is 5.56 Å². The molecule has 6 nitrogen and oxygen atoms in total. The highest BCUT2D eigenvalue weighted by Crippen LogP contribution is 2.30. The molecule has 1 atom stereocenters. The second-order valence-corrected chi connectivity index (χ2v) is 8.42. The fourth-order valence-corrected chi connectivity index (χ4v) is 4.83. The van der Waals surface area contributed by atoms with E-state index in [1.165, 1.54) is 23.4 Å². The Morgan fingerprint density at radius 3 is 2.56 bits per heavy atom. The number of sulfonamides is 1. The number of hydrogen-bond donors (Lipinski definition) is 2. The van der Waals surface area contributed by atoms with Crippen LogP contribution in [-0.4, -0.2) is 38.3 Å². The molecule has 9 heteroatoms. The van der Waals surface area contributed by atoms with Gasteiger partial charge < -0.3 is 10.6 Å². The molecule has 0 aliphatic carbocycles. The average Bonchev–Trinajstić information content (AvgIpc) is 2.62. The van der Waals surface area contributed by atoms with Gasteiger partial charge in [0.2, 0.25) is 15.9 Å². The lowest BCUT2D eigenvalue weighted by Gasteiger charge is -2.35. The summed E-state index contributed by atoms with van der Waals surface area (Å²) < 4.78 is 27.8. The van der Waals surface area contributed by atoms with Crippen LogP contribution in [-0.2, 0) is 14.8 Å². The van der Waals surface area contributed by atoms with Crippen LogP contribution in [0.3, 0.4) is 0 Å². The predicted molar refractivity (Wildman–Crippen MR) is 109 cm³/mol. The molecule has 146 valence electrons. The molecule has 0 aromatic heterocycles. The molecule has 1 saturated heterocycles. The van der Waals surface area contributed by atoms with Gasteiger partial charge in [-0.15, -0.1) is 12.4 Å². The van der Waals surface area contributed by atoms with Gasteiger partial charge in [0.25, 0.3) is 0 Å². The van der Waals surface area contributed by atoms with E-state index in [9.17, 15) is 13.2 Å². The molecule has 0 saturated carbocycles. The zero-order valence-corrected chi connectivity index (χ0v) is 17.1. The van der Waals surface area contributed by atoms with E-state index in [0.29, 0.717) is 30.3 Å². The van der Waals surface area contributed by atoms with Gasteiger partial charge in [0, 0.05) is 37.3 Å². The third-order valence-electron chi connectivity index (χ3n) is 4.21. The van der Waals surface area contributed by atoms with Crippen molar-refractivity contribution in [2.75, 3.05) is 25.0 Å². The first-order chi connectivity index (χ1) is 12.4. The number of rotatable bonds is 4. The predicted octanol–water partition coefficient (Wildman–Crippen LogP) is 3.06. The lowest BCUT2D eigenvalue weighted by atomic mass is 10.1. The first kappa shape index (κ1) is 21.7. The average molecular weight is 430 g/mol. The van der Waals surface area contributed by atoms with E-state index < -0.39 is 10.0 Å². The fraction of sp³-hybridized carbons (Fsp3) is 0.278. The molecule has 0 spiro atoms. The Kier molecular flexibility index (Phi) is 7.25. The summed E-state index contributed by atoms with van der Waals surface area (Å²) in [6.07, 6.45) is 0. The number of piperazine rings is 1. The van der Waals surface area contributed by atoms with Crippen molar-refractivity contribution in [2.45, 2.75) is 17.9 Å². The number of hydrogen-bond acceptors (Lipinski definition) is 4. The quantitative estimate of drug-likeness (QED) is 0.782. The highest BCUT2D eigenvalue weighted by Gasteiger charge is 2.34. The number of benzene rings is 2. The maximum absolute atomic E-state index is 13.2. The Morgan fingerprint density at radius 1 is 1.22 bits per heavy atom. The van der Waals surface area contributed by atoms with Gasteiger partial charge in [-0.1, -0.05) is 23.7 Å². The summed E-state index contributed by atoms with van der Waals surface area (Å²) in [5.74, 6) is -0.205. The standard InChI is InChI=1S/C18H20ClN3O3S.ClH/c1-13(23)21-16-5-7-17(8-6-16)26(24,25)22-10-9-20-12-18(22)14-3-2-4-15(19)11-14;/h2-8,11,18,20H,9-10,12H2,1H3,(H,21,23);1H. The Balaban J connectivity index is 0.00000261. The number of carbonyl (C=O) groups is 1. The Bertz CT molecular complexity index is 904. The van der Waals surface area contributed by atoms with E-state index in [4.69, 9.17) is 11.6 Å². The van der Waals surface area contributed by atoms with Crippen LogP contribution in [0.25, 0.3) is 0 Å². The van der Waals surface area contributed by atoms with Gasteiger partial charge in [0.15, 0.2) is 0 Å². The summed E-state index contributed by atoms with van der Waals surface area (Å²) in [4.78, 5) is 11.3. The van der Waals surface area contributed by atoms with Crippen molar-refractivity contribution < 1.29 is 13.2 Å². The molecule has 1 fully saturated rings. The fourth-order valence-electron chi connectivity index (χ4n) is 3.02. The van der Waals surface area contributed by atoms with Crippen LogP contribution in [0.2, 0.25) is 5.02 Å². The van der Waals surface area contributed by atoms with Gasteiger partial charge >= 0.3 is 0 Å². The highest BCUT2D eigenvalue weighted by molar-refractivity contribution is 7.89. The van der Waals surface area contributed by atoms with Crippen molar-refractivity contribution in [2.24, 2.45) is 0 Å². The van der Waals surface area contributed by atoms with Crippen molar-refractivity contribution in [3.63, 3.8) is 0 Å². The largest absolute Gasteiger partial charge is 0.326 e. The first-order valence-corrected chi connectivity index (χ1v) is 10.1.